The van der Waals surface area contributed by atoms with E-state index < -0.39 is 35.6 Å². The fraction of sp³-hybridized carbons (Fsp3) is 0.148. The van der Waals surface area contributed by atoms with Crippen LogP contribution in [0.5, 0.6) is 0 Å². The van der Waals surface area contributed by atoms with Crippen LogP contribution >= 0.6 is 0 Å². The lowest BCUT2D eigenvalue weighted by atomic mass is 10.1. The Morgan fingerprint density at radius 3 is 2.38 bits per heavy atom. The van der Waals surface area contributed by atoms with Gasteiger partial charge in [0.1, 0.15) is 0 Å². The largest absolute Gasteiger partial charge is 0.478 e. The van der Waals surface area contributed by atoms with Gasteiger partial charge >= 0.3 is 5.97 Å². The zero-order valence-electron chi connectivity index (χ0n) is 19.5. The molecule has 2 aliphatic heterocycles. The Labute approximate surface area is 211 Å². The van der Waals surface area contributed by atoms with E-state index in [1.54, 1.807) is 18.2 Å². The lowest BCUT2D eigenvalue weighted by molar-refractivity contribution is -0.121. The summed E-state index contributed by atoms with van der Waals surface area (Å²) in [4.78, 5) is 64.3. The maximum Gasteiger partial charge on any atom is 0.335 e. The molecule has 4 amide bonds. The minimum atomic E-state index is -1.22. The number of carbonyl (C=O) groups excluding carboxylic acids is 4. The summed E-state index contributed by atoms with van der Waals surface area (Å²) in [6, 6.07) is 16.7. The summed E-state index contributed by atoms with van der Waals surface area (Å²) in [6.45, 7) is 0.686. The van der Waals surface area contributed by atoms with Gasteiger partial charge in [-0.15, -0.1) is 0 Å². The molecule has 1 atom stereocenters. The monoisotopic (exact) mass is 498 g/mol. The molecule has 0 saturated carbocycles. The van der Waals surface area contributed by atoms with Crippen LogP contribution in [0.1, 0.15) is 54.3 Å². The highest BCUT2D eigenvalue weighted by molar-refractivity contribution is 6.35. The second kappa shape index (κ2) is 9.67. The third-order valence-electron chi connectivity index (χ3n) is 6.31. The molecular formula is C27H22N4O6. The zero-order valence-corrected chi connectivity index (χ0v) is 19.5. The number of hydrogen-bond donors (Lipinski definition) is 4. The molecule has 37 heavy (non-hydrogen) atoms. The summed E-state index contributed by atoms with van der Waals surface area (Å²) >= 11 is 0. The van der Waals surface area contributed by atoms with Crippen molar-refractivity contribution < 1.29 is 29.1 Å². The van der Waals surface area contributed by atoms with Crippen molar-refractivity contribution in [3.63, 3.8) is 0 Å². The summed E-state index contributed by atoms with van der Waals surface area (Å²) in [6.07, 6.45) is 1.44. The Morgan fingerprint density at radius 2 is 1.68 bits per heavy atom. The van der Waals surface area contributed by atoms with E-state index in [4.69, 9.17) is 0 Å². The van der Waals surface area contributed by atoms with E-state index in [9.17, 15) is 29.1 Å². The van der Waals surface area contributed by atoms with Gasteiger partial charge in [-0.05, 0) is 67.9 Å². The number of anilines is 3. The standard InChI is InChI=1S/C27H22N4O6/c32-23(30-24(33)22-7-4-12-28-22)20-14-17(9-11-21(20)29-16-5-2-1-3-6-16)31-25(34)18-10-8-15(27(36)37)13-19(18)26(31)35/h1-3,5-6,8-11,13-14,22,28-29H,4,7,12H2,(H,36,37)(H,30,32,33)/t22-/m1/s1. The predicted molar refractivity (Wildman–Crippen MR) is 134 cm³/mol. The quantitative estimate of drug-likeness (QED) is 0.380. The van der Waals surface area contributed by atoms with E-state index in [0.29, 0.717) is 24.3 Å². The van der Waals surface area contributed by atoms with Gasteiger partial charge in [-0.1, -0.05) is 18.2 Å². The van der Waals surface area contributed by atoms with Crippen LogP contribution in [0.15, 0.2) is 66.7 Å². The third kappa shape index (κ3) is 4.57. The first-order chi connectivity index (χ1) is 17.8. The summed E-state index contributed by atoms with van der Waals surface area (Å²) in [7, 11) is 0. The number of fused-ring (bicyclic) bond motifs is 1. The average Bonchev–Trinajstić information content (AvgIpc) is 3.52. The molecule has 0 bridgehead atoms. The molecule has 1 saturated heterocycles. The van der Waals surface area contributed by atoms with Crippen LogP contribution in [0.25, 0.3) is 0 Å². The van der Waals surface area contributed by atoms with E-state index in [0.717, 1.165) is 17.4 Å². The topological polar surface area (TPSA) is 145 Å². The molecule has 2 heterocycles. The highest BCUT2D eigenvalue weighted by Crippen LogP contribution is 2.32. The molecular weight excluding hydrogens is 476 g/mol. The number of hydrogen-bond acceptors (Lipinski definition) is 7. The first kappa shape index (κ1) is 23.9. The molecule has 0 aliphatic carbocycles. The van der Waals surface area contributed by atoms with Crippen molar-refractivity contribution in [1.82, 2.24) is 10.6 Å². The molecule has 0 spiro atoms. The Hall–Kier alpha value is -4.83. The van der Waals surface area contributed by atoms with Gasteiger partial charge in [0.25, 0.3) is 17.7 Å². The molecule has 10 nitrogen and oxygen atoms in total. The second-order valence-electron chi connectivity index (χ2n) is 8.70. The van der Waals surface area contributed by atoms with Gasteiger partial charge in [0.05, 0.1) is 39.7 Å². The first-order valence-corrected chi connectivity index (χ1v) is 11.6. The van der Waals surface area contributed by atoms with E-state index in [1.807, 2.05) is 18.2 Å². The Balaban J connectivity index is 1.50. The van der Waals surface area contributed by atoms with Crippen LogP contribution < -0.4 is 20.9 Å². The molecule has 1 fully saturated rings. The first-order valence-electron chi connectivity index (χ1n) is 11.6. The number of imide groups is 2. The van der Waals surface area contributed by atoms with Gasteiger partial charge < -0.3 is 15.7 Å². The Kier molecular flexibility index (Phi) is 6.24. The maximum absolute atomic E-state index is 13.2. The maximum atomic E-state index is 13.2. The minimum absolute atomic E-state index is 0.0372. The van der Waals surface area contributed by atoms with Crippen molar-refractivity contribution in [3.05, 3.63) is 89.0 Å². The number of rotatable bonds is 6. The number of amides is 4. The highest BCUT2D eigenvalue weighted by Gasteiger charge is 2.38. The van der Waals surface area contributed by atoms with Gasteiger partial charge in [-0.25, -0.2) is 9.69 Å². The van der Waals surface area contributed by atoms with Crippen molar-refractivity contribution in [2.45, 2.75) is 18.9 Å². The van der Waals surface area contributed by atoms with Crippen molar-refractivity contribution in [1.29, 1.82) is 0 Å². The number of aromatic carboxylic acids is 1. The number of para-hydroxylation sites is 1. The fourth-order valence-electron chi connectivity index (χ4n) is 4.43. The Morgan fingerprint density at radius 1 is 0.919 bits per heavy atom. The summed E-state index contributed by atoms with van der Waals surface area (Å²) in [5.41, 5.74) is 1.12. The molecule has 3 aromatic carbocycles. The molecule has 10 heteroatoms. The minimum Gasteiger partial charge on any atom is -0.478 e. The molecule has 2 aliphatic rings. The summed E-state index contributed by atoms with van der Waals surface area (Å²) in [5.74, 6) is -3.72. The smallest absolute Gasteiger partial charge is 0.335 e. The van der Waals surface area contributed by atoms with Gasteiger partial charge in [0.2, 0.25) is 5.91 Å². The third-order valence-corrected chi connectivity index (χ3v) is 6.31. The van der Waals surface area contributed by atoms with Crippen molar-refractivity contribution in [2.24, 2.45) is 0 Å². The van der Waals surface area contributed by atoms with Gasteiger partial charge in [-0.2, -0.15) is 0 Å². The van der Waals surface area contributed by atoms with E-state index in [2.05, 4.69) is 16.0 Å². The van der Waals surface area contributed by atoms with Gasteiger partial charge in [0.15, 0.2) is 0 Å². The number of carbonyl (C=O) groups is 5. The van der Waals surface area contributed by atoms with Crippen LogP contribution in [0.2, 0.25) is 0 Å². The van der Waals surface area contributed by atoms with Crippen LogP contribution in [0, 0.1) is 0 Å². The average molecular weight is 498 g/mol. The summed E-state index contributed by atoms with van der Waals surface area (Å²) in [5, 5.41) is 17.8. The van der Waals surface area contributed by atoms with Crippen LogP contribution in [0.3, 0.4) is 0 Å². The molecule has 0 radical (unpaired) electrons. The molecule has 4 N–H and O–H groups in total. The van der Waals surface area contributed by atoms with Crippen molar-refractivity contribution >= 4 is 46.7 Å². The lowest BCUT2D eigenvalue weighted by Crippen LogP contribution is -2.43. The summed E-state index contributed by atoms with van der Waals surface area (Å²) < 4.78 is 0. The molecule has 0 aromatic heterocycles. The molecule has 5 rings (SSSR count). The van der Waals surface area contributed by atoms with Crippen LogP contribution in [-0.4, -0.2) is 47.3 Å². The SMILES string of the molecule is O=C(O)c1ccc2c(c1)C(=O)N(c1ccc(Nc3ccccc3)c(C(=O)NC(=O)[C@H]3CCCN3)c1)C2=O. The number of carboxylic acid groups (broad SMARTS) is 1. The normalized spacial score (nSPS) is 16.4. The molecule has 186 valence electrons. The fourth-order valence-corrected chi connectivity index (χ4v) is 4.43. The zero-order chi connectivity index (χ0) is 26.1. The molecule has 0 unspecified atom stereocenters. The molecule has 3 aromatic rings. The lowest BCUT2D eigenvalue weighted by Gasteiger charge is -2.18. The van der Waals surface area contributed by atoms with Crippen LogP contribution in [-0.2, 0) is 4.79 Å². The van der Waals surface area contributed by atoms with Crippen LogP contribution in [0.4, 0.5) is 17.1 Å². The number of benzene rings is 3. The Bertz CT molecular complexity index is 1450. The van der Waals surface area contributed by atoms with Gasteiger partial charge in [-0.3, -0.25) is 24.5 Å². The van der Waals surface area contributed by atoms with E-state index in [-0.39, 0.29) is 27.9 Å². The number of nitrogens with one attached hydrogen (secondary N) is 3. The second-order valence-corrected chi connectivity index (χ2v) is 8.70. The van der Waals surface area contributed by atoms with Crippen molar-refractivity contribution in [3.8, 4) is 0 Å². The van der Waals surface area contributed by atoms with E-state index >= 15 is 0 Å². The highest BCUT2D eigenvalue weighted by atomic mass is 16.4. The number of carboxylic acids is 1. The van der Waals surface area contributed by atoms with Crippen molar-refractivity contribution in [2.75, 3.05) is 16.8 Å². The number of nitrogens with zero attached hydrogens (tertiary/aromatic N) is 1. The van der Waals surface area contributed by atoms with Gasteiger partial charge in [0, 0.05) is 5.69 Å². The van der Waals surface area contributed by atoms with E-state index in [1.165, 1.54) is 24.3 Å². The predicted octanol–water partition coefficient (Wildman–Crippen LogP) is 2.94.